The largest absolute Gasteiger partial charge is 0.390 e. The molecule has 0 aromatic heterocycles. The van der Waals surface area contributed by atoms with E-state index in [0.29, 0.717) is 6.61 Å². The second kappa shape index (κ2) is 3.80. The van der Waals surface area contributed by atoms with Gasteiger partial charge in [0.15, 0.2) is 6.23 Å². The Morgan fingerprint density at radius 3 is 2.72 bits per heavy atom. The minimum absolute atomic E-state index is 0.0312. The molecule has 1 amide bonds. The van der Waals surface area contributed by atoms with Crippen molar-refractivity contribution in [3.05, 3.63) is 35.9 Å². The molecule has 3 rings (SSSR count). The maximum Gasteiger partial charge on any atom is 0.231 e. The fourth-order valence-corrected chi connectivity index (χ4v) is 3.01. The van der Waals surface area contributed by atoms with Gasteiger partial charge in [0, 0.05) is 5.56 Å². The second-order valence-electron chi connectivity index (χ2n) is 5.37. The summed E-state index contributed by atoms with van der Waals surface area (Å²) >= 11 is 0. The molecule has 0 radical (unpaired) electrons. The molecule has 1 aromatic carbocycles. The first-order valence-electron chi connectivity index (χ1n) is 6.23. The third-order valence-corrected chi connectivity index (χ3v) is 4.14. The van der Waals surface area contributed by atoms with Gasteiger partial charge in [-0.05, 0) is 6.92 Å². The van der Waals surface area contributed by atoms with E-state index in [0.717, 1.165) is 5.56 Å². The van der Waals surface area contributed by atoms with Crippen LogP contribution >= 0.6 is 0 Å². The maximum absolute atomic E-state index is 12.3. The Morgan fingerprint density at radius 1 is 1.39 bits per heavy atom. The standard InChI is InChI=1S/C14H17NO3/c1-9-11(16)14(2)8-18-13(15(14)12(9)17)10-6-4-3-5-7-10/h3-7,9,11,13,16H,8H2,1-2H3/t9?,11?,13?,14-/m0/s1. The van der Waals surface area contributed by atoms with Crippen LogP contribution in [-0.4, -0.2) is 34.2 Å². The van der Waals surface area contributed by atoms with E-state index in [9.17, 15) is 9.90 Å². The van der Waals surface area contributed by atoms with Gasteiger partial charge in [0.05, 0.1) is 24.2 Å². The topological polar surface area (TPSA) is 49.8 Å². The van der Waals surface area contributed by atoms with Gasteiger partial charge in [0.25, 0.3) is 0 Å². The van der Waals surface area contributed by atoms with E-state index >= 15 is 0 Å². The summed E-state index contributed by atoms with van der Waals surface area (Å²) in [7, 11) is 0. The number of rotatable bonds is 1. The minimum Gasteiger partial charge on any atom is -0.390 e. The lowest BCUT2D eigenvalue weighted by atomic mass is 9.92. The van der Waals surface area contributed by atoms with Gasteiger partial charge in [-0.3, -0.25) is 4.79 Å². The average molecular weight is 247 g/mol. The van der Waals surface area contributed by atoms with Gasteiger partial charge in [-0.25, -0.2) is 0 Å². The molecule has 1 N–H and O–H groups in total. The summed E-state index contributed by atoms with van der Waals surface area (Å²) in [6, 6.07) is 9.67. The van der Waals surface area contributed by atoms with Crippen LogP contribution in [-0.2, 0) is 9.53 Å². The highest BCUT2D eigenvalue weighted by molar-refractivity contribution is 5.84. The lowest BCUT2D eigenvalue weighted by molar-refractivity contribution is -0.138. The molecule has 2 heterocycles. The van der Waals surface area contributed by atoms with Crippen molar-refractivity contribution in [2.45, 2.75) is 31.7 Å². The first-order valence-corrected chi connectivity index (χ1v) is 6.23. The number of fused-ring (bicyclic) bond motifs is 1. The van der Waals surface area contributed by atoms with Crippen molar-refractivity contribution in [3.63, 3.8) is 0 Å². The SMILES string of the molecule is CC1C(=O)N2C(c3ccccc3)OC[C@@]2(C)C1O. The Hall–Kier alpha value is -1.39. The summed E-state index contributed by atoms with van der Waals surface area (Å²) in [6.07, 6.45) is -1.04. The lowest BCUT2D eigenvalue weighted by Crippen LogP contribution is -2.46. The number of hydrogen-bond acceptors (Lipinski definition) is 3. The van der Waals surface area contributed by atoms with Crippen LogP contribution < -0.4 is 0 Å². The average Bonchev–Trinajstić information content (AvgIpc) is 2.82. The summed E-state index contributed by atoms with van der Waals surface area (Å²) in [5.74, 6) is -0.388. The molecule has 4 nitrogen and oxygen atoms in total. The van der Waals surface area contributed by atoms with Crippen molar-refractivity contribution >= 4 is 5.91 Å². The molecule has 2 aliphatic rings. The van der Waals surface area contributed by atoms with Crippen LogP contribution in [0.4, 0.5) is 0 Å². The summed E-state index contributed by atoms with van der Waals surface area (Å²) < 4.78 is 5.74. The van der Waals surface area contributed by atoms with E-state index in [1.807, 2.05) is 37.3 Å². The maximum atomic E-state index is 12.3. The summed E-state index contributed by atoms with van der Waals surface area (Å²) in [5.41, 5.74) is 0.354. The highest BCUT2D eigenvalue weighted by atomic mass is 16.5. The number of nitrogens with zero attached hydrogens (tertiary/aromatic N) is 1. The quantitative estimate of drug-likeness (QED) is 0.814. The van der Waals surface area contributed by atoms with E-state index in [1.165, 1.54) is 0 Å². The monoisotopic (exact) mass is 247 g/mol. The van der Waals surface area contributed by atoms with Gasteiger partial charge in [0.2, 0.25) is 5.91 Å². The highest BCUT2D eigenvalue weighted by Crippen LogP contribution is 2.46. The molecule has 0 aliphatic carbocycles. The second-order valence-corrected chi connectivity index (χ2v) is 5.37. The number of ether oxygens (including phenoxy) is 1. The fourth-order valence-electron chi connectivity index (χ4n) is 3.01. The molecule has 0 saturated carbocycles. The molecule has 2 aliphatic heterocycles. The van der Waals surface area contributed by atoms with Crippen molar-refractivity contribution in [1.29, 1.82) is 0 Å². The van der Waals surface area contributed by atoms with Crippen LogP contribution in [0, 0.1) is 5.92 Å². The molecule has 18 heavy (non-hydrogen) atoms. The van der Waals surface area contributed by atoms with Crippen molar-refractivity contribution in [3.8, 4) is 0 Å². The highest BCUT2D eigenvalue weighted by Gasteiger charge is 2.60. The Labute approximate surface area is 106 Å². The Kier molecular flexibility index (Phi) is 2.47. The fraction of sp³-hybridized carbons (Fsp3) is 0.500. The van der Waals surface area contributed by atoms with Gasteiger partial charge < -0.3 is 14.7 Å². The molecule has 0 bridgehead atoms. The van der Waals surface area contributed by atoms with Crippen molar-refractivity contribution < 1.29 is 14.6 Å². The summed E-state index contributed by atoms with van der Waals surface area (Å²) in [6.45, 7) is 4.05. The Balaban J connectivity index is 2.00. The van der Waals surface area contributed by atoms with Gasteiger partial charge in [0.1, 0.15) is 0 Å². The number of hydrogen-bond donors (Lipinski definition) is 1. The van der Waals surface area contributed by atoms with Gasteiger partial charge >= 0.3 is 0 Å². The Bertz CT molecular complexity index is 475. The number of amides is 1. The molecular weight excluding hydrogens is 230 g/mol. The predicted octanol–water partition coefficient (Wildman–Crippen LogP) is 1.31. The van der Waals surface area contributed by atoms with E-state index in [-0.39, 0.29) is 18.1 Å². The van der Waals surface area contributed by atoms with Gasteiger partial charge in [-0.1, -0.05) is 37.3 Å². The number of carbonyl (C=O) groups is 1. The van der Waals surface area contributed by atoms with E-state index < -0.39 is 11.6 Å². The van der Waals surface area contributed by atoms with Crippen LogP contribution in [0.2, 0.25) is 0 Å². The third kappa shape index (κ3) is 1.36. The van der Waals surface area contributed by atoms with Crippen molar-refractivity contribution in [2.75, 3.05) is 6.61 Å². The molecule has 96 valence electrons. The number of aliphatic hydroxyl groups excluding tert-OH is 1. The molecular formula is C14H17NO3. The van der Waals surface area contributed by atoms with Crippen molar-refractivity contribution in [1.82, 2.24) is 4.90 Å². The van der Waals surface area contributed by atoms with Crippen LogP contribution in [0.1, 0.15) is 25.6 Å². The first kappa shape index (κ1) is 11.7. The zero-order chi connectivity index (χ0) is 12.9. The summed E-state index contributed by atoms with van der Waals surface area (Å²) in [4.78, 5) is 14.0. The normalized spacial score (nSPS) is 39.2. The smallest absolute Gasteiger partial charge is 0.231 e. The van der Waals surface area contributed by atoms with Crippen LogP contribution in [0.25, 0.3) is 0 Å². The summed E-state index contributed by atoms with van der Waals surface area (Å²) in [5, 5.41) is 10.2. The minimum atomic E-state index is -0.668. The van der Waals surface area contributed by atoms with E-state index in [2.05, 4.69) is 0 Å². The molecule has 2 fully saturated rings. The zero-order valence-electron chi connectivity index (χ0n) is 10.5. The number of carbonyl (C=O) groups excluding carboxylic acids is 1. The zero-order valence-corrected chi connectivity index (χ0v) is 10.5. The van der Waals surface area contributed by atoms with Crippen molar-refractivity contribution in [2.24, 2.45) is 5.92 Å². The Morgan fingerprint density at radius 2 is 2.06 bits per heavy atom. The molecule has 2 saturated heterocycles. The lowest BCUT2D eigenvalue weighted by Gasteiger charge is -2.30. The molecule has 1 aromatic rings. The van der Waals surface area contributed by atoms with Crippen LogP contribution in [0.15, 0.2) is 30.3 Å². The molecule has 4 heteroatoms. The number of benzene rings is 1. The van der Waals surface area contributed by atoms with Gasteiger partial charge in [-0.15, -0.1) is 0 Å². The molecule has 0 spiro atoms. The van der Waals surface area contributed by atoms with E-state index in [4.69, 9.17) is 4.74 Å². The number of aliphatic hydroxyl groups is 1. The predicted molar refractivity (Wildman–Crippen MR) is 65.6 cm³/mol. The molecule has 4 atom stereocenters. The first-order chi connectivity index (χ1) is 8.55. The van der Waals surface area contributed by atoms with Crippen LogP contribution in [0.3, 0.4) is 0 Å². The molecule has 3 unspecified atom stereocenters. The van der Waals surface area contributed by atoms with E-state index in [1.54, 1.807) is 11.8 Å². The van der Waals surface area contributed by atoms with Crippen LogP contribution in [0.5, 0.6) is 0 Å². The third-order valence-electron chi connectivity index (χ3n) is 4.14. The van der Waals surface area contributed by atoms with Gasteiger partial charge in [-0.2, -0.15) is 0 Å².